The number of hydrogen-bond donors (Lipinski definition) is 1. The minimum atomic E-state index is -0.0481. The molecule has 5 rings (SSSR count). The van der Waals surface area contributed by atoms with Crippen molar-refractivity contribution in [3.05, 3.63) is 77.4 Å². The van der Waals surface area contributed by atoms with Gasteiger partial charge in [0.1, 0.15) is 0 Å². The van der Waals surface area contributed by atoms with E-state index in [0.717, 1.165) is 27.2 Å². The molecule has 26 heavy (non-hydrogen) atoms. The van der Waals surface area contributed by atoms with Crippen LogP contribution in [0, 0.1) is 0 Å². The fraction of sp³-hybridized carbons (Fsp3) is 0.0500. The molecular formula is C20H14N4OS. The van der Waals surface area contributed by atoms with Crippen LogP contribution in [0.15, 0.2) is 66.3 Å². The first-order chi connectivity index (χ1) is 12.8. The van der Waals surface area contributed by atoms with Crippen LogP contribution in [0.25, 0.3) is 10.2 Å². The molecule has 0 fully saturated rings. The number of rotatable bonds is 1. The van der Waals surface area contributed by atoms with Gasteiger partial charge < -0.3 is 10.2 Å². The zero-order valence-corrected chi connectivity index (χ0v) is 14.5. The number of carbonyl (C=O) groups is 1. The van der Waals surface area contributed by atoms with Crippen molar-refractivity contribution >= 4 is 44.7 Å². The molecule has 2 aromatic carbocycles. The Hall–Kier alpha value is -3.25. The van der Waals surface area contributed by atoms with E-state index in [0.29, 0.717) is 17.9 Å². The molecule has 0 unspecified atom stereocenters. The number of para-hydroxylation sites is 1. The van der Waals surface area contributed by atoms with E-state index in [1.54, 1.807) is 16.6 Å². The molecule has 2 aromatic heterocycles. The van der Waals surface area contributed by atoms with Crippen LogP contribution in [0.2, 0.25) is 0 Å². The summed E-state index contributed by atoms with van der Waals surface area (Å²) in [4.78, 5) is 23.8. The smallest absolute Gasteiger partial charge is 0.258 e. The molecule has 1 aliphatic heterocycles. The lowest BCUT2D eigenvalue weighted by Crippen LogP contribution is -2.30. The molecule has 6 heteroatoms. The Labute approximate surface area is 154 Å². The third kappa shape index (κ3) is 2.43. The average Bonchev–Trinajstić information content (AvgIpc) is 3.08. The molecule has 1 amide bonds. The van der Waals surface area contributed by atoms with Crippen molar-refractivity contribution in [2.45, 2.75) is 6.54 Å². The largest absolute Gasteiger partial charge is 0.338 e. The van der Waals surface area contributed by atoms with Crippen molar-refractivity contribution in [2.75, 3.05) is 10.2 Å². The molecule has 0 atom stereocenters. The fourth-order valence-corrected chi connectivity index (χ4v) is 3.92. The van der Waals surface area contributed by atoms with Crippen LogP contribution in [0.3, 0.4) is 0 Å². The SMILES string of the molecule is O=C(c1ccc2ncsc2c1)N1Cc2ccccc2Nc2ncccc21. The maximum atomic E-state index is 13.3. The molecule has 0 saturated heterocycles. The van der Waals surface area contributed by atoms with Gasteiger partial charge in [-0.15, -0.1) is 11.3 Å². The van der Waals surface area contributed by atoms with Crippen LogP contribution in [0.1, 0.15) is 15.9 Å². The average molecular weight is 358 g/mol. The number of hydrogen-bond acceptors (Lipinski definition) is 5. The molecule has 0 spiro atoms. The minimum Gasteiger partial charge on any atom is -0.338 e. The molecule has 0 radical (unpaired) electrons. The zero-order valence-electron chi connectivity index (χ0n) is 13.7. The Bertz CT molecular complexity index is 1140. The lowest BCUT2D eigenvalue weighted by molar-refractivity contribution is 0.0985. The summed E-state index contributed by atoms with van der Waals surface area (Å²) in [7, 11) is 0. The van der Waals surface area contributed by atoms with E-state index >= 15 is 0 Å². The van der Waals surface area contributed by atoms with Crippen LogP contribution in [-0.4, -0.2) is 15.9 Å². The third-order valence-corrected chi connectivity index (χ3v) is 5.29. The summed E-state index contributed by atoms with van der Waals surface area (Å²) in [5, 5.41) is 3.35. The van der Waals surface area contributed by atoms with Gasteiger partial charge in [-0.2, -0.15) is 0 Å². The van der Waals surface area contributed by atoms with Crippen molar-refractivity contribution < 1.29 is 4.79 Å². The first-order valence-electron chi connectivity index (χ1n) is 8.25. The van der Waals surface area contributed by atoms with Crippen LogP contribution >= 0.6 is 11.3 Å². The van der Waals surface area contributed by atoms with Gasteiger partial charge >= 0.3 is 0 Å². The Morgan fingerprint density at radius 1 is 1.08 bits per heavy atom. The van der Waals surface area contributed by atoms with E-state index in [2.05, 4.69) is 15.3 Å². The maximum absolute atomic E-state index is 13.3. The van der Waals surface area contributed by atoms with Crippen molar-refractivity contribution in [1.82, 2.24) is 9.97 Å². The first kappa shape index (κ1) is 15.0. The number of amides is 1. The van der Waals surface area contributed by atoms with Crippen LogP contribution < -0.4 is 10.2 Å². The quantitative estimate of drug-likeness (QED) is 0.540. The van der Waals surface area contributed by atoms with E-state index in [1.165, 1.54) is 11.3 Å². The van der Waals surface area contributed by atoms with Gasteiger partial charge in [-0.1, -0.05) is 18.2 Å². The summed E-state index contributed by atoms with van der Waals surface area (Å²) >= 11 is 1.54. The molecule has 4 aromatic rings. The predicted octanol–water partition coefficient (Wildman–Crippen LogP) is 4.60. The van der Waals surface area contributed by atoms with Gasteiger partial charge in [-0.25, -0.2) is 9.97 Å². The number of carbonyl (C=O) groups excluding carboxylic acids is 1. The highest BCUT2D eigenvalue weighted by Gasteiger charge is 2.25. The number of anilines is 3. The van der Waals surface area contributed by atoms with Crippen molar-refractivity contribution in [3.8, 4) is 0 Å². The number of benzene rings is 2. The molecule has 1 N–H and O–H groups in total. The molecule has 1 aliphatic rings. The highest BCUT2D eigenvalue weighted by molar-refractivity contribution is 7.16. The van der Waals surface area contributed by atoms with Crippen LogP contribution in [0.5, 0.6) is 0 Å². The zero-order chi connectivity index (χ0) is 17.5. The summed E-state index contributed by atoms with van der Waals surface area (Å²) < 4.78 is 1.01. The number of fused-ring (bicyclic) bond motifs is 3. The van der Waals surface area contributed by atoms with Crippen molar-refractivity contribution in [1.29, 1.82) is 0 Å². The Balaban J connectivity index is 1.63. The lowest BCUT2D eigenvalue weighted by Gasteiger charge is -2.22. The van der Waals surface area contributed by atoms with Gasteiger partial charge in [0.25, 0.3) is 5.91 Å². The van der Waals surface area contributed by atoms with E-state index < -0.39 is 0 Å². The van der Waals surface area contributed by atoms with Crippen LogP contribution in [0.4, 0.5) is 17.2 Å². The third-order valence-electron chi connectivity index (χ3n) is 4.50. The second-order valence-electron chi connectivity index (χ2n) is 6.08. The molecule has 5 nitrogen and oxygen atoms in total. The summed E-state index contributed by atoms with van der Waals surface area (Å²) in [5.41, 5.74) is 6.16. The summed E-state index contributed by atoms with van der Waals surface area (Å²) in [6, 6.07) is 17.4. The lowest BCUT2D eigenvalue weighted by atomic mass is 10.1. The highest BCUT2D eigenvalue weighted by Crippen LogP contribution is 2.35. The van der Waals surface area contributed by atoms with Gasteiger partial charge in [0.2, 0.25) is 0 Å². The predicted molar refractivity (Wildman–Crippen MR) is 104 cm³/mol. The van der Waals surface area contributed by atoms with E-state index in [1.807, 2.05) is 54.6 Å². The van der Waals surface area contributed by atoms with Crippen molar-refractivity contribution in [2.24, 2.45) is 0 Å². The summed E-state index contributed by atoms with van der Waals surface area (Å²) in [5.74, 6) is 0.637. The van der Waals surface area contributed by atoms with E-state index in [4.69, 9.17) is 0 Å². The number of aromatic nitrogens is 2. The second kappa shape index (κ2) is 5.93. The van der Waals surface area contributed by atoms with Gasteiger partial charge in [0, 0.05) is 17.4 Å². The minimum absolute atomic E-state index is 0.0481. The number of pyridine rings is 1. The molecule has 0 aliphatic carbocycles. The van der Waals surface area contributed by atoms with Gasteiger partial charge in [-0.05, 0) is 42.0 Å². The Kier molecular flexibility index (Phi) is 3.43. The number of nitrogens with zero attached hydrogens (tertiary/aromatic N) is 3. The van der Waals surface area contributed by atoms with E-state index in [-0.39, 0.29) is 5.91 Å². The number of thiazole rings is 1. The topological polar surface area (TPSA) is 58.1 Å². The summed E-state index contributed by atoms with van der Waals surface area (Å²) in [6.45, 7) is 0.488. The van der Waals surface area contributed by atoms with Gasteiger partial charge in [0.05, 0.1) is 28.0 Å². The summed E-state index contributed by atoms with van der Waals surface area (Å²) in [6.07, 6.45) is 1.73. The van der Waals surface area contributed by atoms with Crippen molar-refractivity contribution in [3.63, 3.8) is 0 Å². The highest BCUT2D eigenvalue weighted by atomic mass is 32.1. The van der Waals surface area contributed by atoms with Gasteiger partial charge in [0.15, 0.2) is 5.82 Å². The molecule has 0 saturated carbocycles. The molecule has 0 bridgehead atoms. The monoisotopic (exact) mass is 358 g/mol. The Morgan fingerprint density at radius 3 is 2.96 bits per heavy atom. The van der Waals surface area contributed by atoms with Gasteiger partial charge in [-0.3, -0.25) is 4.79 Å². The number of nitrogens with one attached hydrogen (secondary N) is 1. The second-order valence-corrected chi connectivity index (χ2v) is 6.97. The van der Waals surface area contributed by atoms with Crippen LogP contribution in [-0.2, 0) is 6.54 Å². The standard InChI is InChI=1S/C20H14N4OS/c25-20(13-7-8-16-18(10-13)26-12-22-16)24-11-14-4-1-2-5-15(14)23-19-17(24)6-3-9-21-19/h1-10,12H,11H2,(H,21,23). The Morgan fingerprint density at radius 2 is 2.00 bits per heavy atom. The normalized spacial score (nSPS) is 12.8. The molecule has 126 valence electrons. The van der Waals surface area contributed by atoms with E-state index in [9.17, 15) is 4.79 Å². The first-order valence-corrected chi connectivity index (χ1v) is 9.12. The molecular weight excluding hydrogens is 344 g/mol. The fourth-order valence-electron chi connectivity index (χ4n) is 3.20. The maximum Gasteiger partial charge on any atom is 0.258 e. The molecule has 3 heterocycles.